The van der Waals surface area contributed by atoms with Crippen LogP contribution in [0.3, 0.4) is 0 Å². The Balaban J connectivity index is 2.47. The number of sulfonamides is 1. The van der Waals surface area contributed by atoms with Crippen LogP contribution in [0.1, 0.15) is 38.3 Å². The van der Waals surface area contributed by atoms with E-state index in [-0.39, 0.29) is 29.9 Å². The number of benzene rings is 2. The quantitative estimate of drug-likeness (QED) is 0.317. The Labute approximate surface area is 220 Å². The summed E-state index contributed by atoms with van der Waals surface area (Å²) in [7, 11) is -4.00. The number of nitrogens with zero attached hydrogens (tertiary/aromatic N) is 3. The highest BCUT2D eigenvalue weighted by Crippen LogP contribution is 2.28. The van der Waals surface area contributed by atoms with Gasteiger partial charge in [0.05, 0.1) is 16.9 Å². The van der Waals surface area contributed by atoms with Gasteiger partial charge in [0.15, 0.2) is 0 Å². The molecule has 0 aliphatic carbocycles. The van der Waals surface area contributed by atoms with Crippen LogP contribution >= 0.6 is 15.9 Å². The van der Waals surface area contributed by atoms with Crippen LogP contribution < -0.4 is 9.62 Å². The van der Waals surface area contributed by atoms with Crippen molar-refractivity contribution in [3.8, 4) is 0 Å². The van der Waals surface area contributed by atoms with Crippen molar-refractivity contribution in [2.45, 2.75) is 52.7 Å². The number of aryl methyl sites for hydroxylation is 1. The number of rotatable bonds is 11. The molecule has 0 spiro atoms. The van der Waals surface area contributed by atoms with Crippen LogP contribution in [0.4, 0.5) is 11.4 Å². The summed E-state index contributed by atoms with van der Waals surface area (Å²) in [5.41, 5.74) is 0.915. The number of nitrogens with one attached hydrogen (secondary N) is 1. The number of hydrogen-bond acceptors (Lipinski definition) is 6. The standard InChI is InChI=1S/C24H31BrN4O6S/c1-6-17(3)26-24(31)18(4)27(14-19-8-10-20(25)11-9-19)23(30)15-28(36(5,34)35)22-13-21(29(32)33)12-7-16(22)2/h7-13,17-18H,6,14-15H2,1-5H3,(H,26,31)/t17-,18-/m0/s1. The van der Waals surface area contributed by atoms with Gasteiger partial charge in [0.25, 0.3) is 5.69 Å². The minimum absolute atomic E-state index is 0.0281. The van der Waals surface area contributed by atoms with Gasteiger partial charge in [-0.05, 0) is 50.5 Å². The highest BCUT2D eigenvalue weighted by Gasteiger charge is 2.31. The Morgan fingerprint density at radius 1 is 1.14 bits per heavy atom. The zero-order chi connectivity index (χ0) is 27.2. The van der Waals surface area contributed by atoms with Gasteiger partial charge in [0.2, 0.25) is 21.8 Å². The van der Waals surface area contributed by atoms with Crippen molar-refractivity contribution < 1.29 is 22.9 Å². The number of anilines is 1. The van der Waals surface area contributed by atoms with Crippen molar-refractivity contribution in [2.75, 3.05) is 17.1 Å². The van der Waals surface area contributed by atoms with Gasteiger partial charge < -0.3 is 10.2 Å². The maximum absolute atomic E-state index is 13.6. The Hall–Kier alpha value is -2.99. The van der Waals surface area contributed by atoms with Crippen LogP contribution in [-0.2, 0) is 26.2 Å². The first-order chi connectivity index (χ1) is 16.7. The van der Waals surface area contributed by atoms with Crippen LogP contribution in [0.25, 0.3) is 0 Å². The average molecular weight is 584 g/mol. The zero-order valence-corrected chi connectivity index (χ0v) is 23.3. The Morgan fingerprint density at radius 3 is 2.28 bits per heavy atom. The second-order valence-electron chi connectivity index (χ2n) is 8.64. The number of carbonyl (C=O) groups excluding carboxylic acids is 2. The Kier molecular flexibility index (Phi) is 10.00. The predicted octanol–water partition coefficient (Wildman–Crippen LogP) is 3.76. The lowest BCUT2D eigenvalue weighted by molar-refractivity contribution is -0.384. The van der Waals surface area contributed by atoms with Gasteiger partial charge in [0, 0.05) is 29.2 Å². The molecule has 0 aliphatic heterocycles. The smallest absolute Gasteiger partial charge is 0.271 e. The van der Waals surface area contributed by atoms with Crippen molar-refractivity contribution >= 4 is 49.1 Å². The van der Waals surface area contributed by atoms with Gasteiger partial charge in [-0.3, -0.25) is 24.0 Å². The van der Waals surface area contributed by atoms with E-state index in [0.717, 1.165) is 26.7 Å². The summed E-state index contributed by atoms with van der Waals surface area (Å²) >= 11 is 3.36. The molecule has 0 aliphatic rings. The van der Waals surface area contributed by atoms with E-state index in [1.165, 1.54) is 17.0 Å². The fourth-order valence-corrected chi connectivity index (χ4v) is 4.57. The molecule has 0 bridgehead atoms. The lowest BCUT2D eigenvalue weighted by atomic mass is 10.1. The fourth-order valence-electron chi connectivity index (χ4n) is 3.41. The van der Waals surface area contributed by atoms with E-state index >= 15 is 0 Å². The first kappa shape index (κ1) is 29.2. The van der Waals surface area contributed by atoms with E-state index in [4.69, 9.17) is 0 Å². The van der Waals surface area contributed by atoms with Gasteiger partial charge in [0.1, 0.15) is 12.6 Å². The molecule has 36 heavy (non-hydrogen) atoms. The Bertz CT molecular complexity index is 1220. The number of non-ortho nitro benzene ring substituents is 1. The first-order valence-electron chi connectivity index (χ1n) is 11.3. The average Bonchev–Trinajstić information content (AvgIpc) is 2.81. The van der Waals surface area contributed by atoms with Gasteiger partial charge in [-0.1, -0.05) is 41.1 Å². The molecule has 2 amide bonds. The summed E-state index contributed by atoms with van der Waals surface area (Å²) < 4.78 is 27.1. The second-order valence-corrected chi connectivity index (χ2v) is 11.5. The van der Waals surface area contributed by atoms with Crippen molar-refractivity contribution in [3.05, 3.63) is 68.2 Å². The first-order valence-corrected chi connectivity index (χ1v) is 14.0. The highest BCUT2D eigenvalue weighted by atomic mass is 79.9. The SMILES string of the molecule is CC[C@H](C)NC(=O)[C@H](C)N(Cc1ccc(Br)cc1)C(=O)CN(c1cc([N+](=O)[O-])ccc1C)S(C)(=O)=O. The van der Waals surface area contributed by atoms with Gasteiger partial charge in [-0.25, -0.2) is 8.42 Å². The largest absolute Gasteiger partial charge is 0.352 e. The third kappa shape index (κ3) is 7.76. The van der Waals surface area contributed by atoms with Crippen molar-refractivity contribution in [1.82, 2.24) is 10.2 Å². The Morgan fingerprint density at radius 2 is 1.75 bits per heavy atom. The minimum atomic E-state index is -4.00. The molecule has 0 saturated heterocycles. The number of nitro groups is 1. The molecule has 0 saturated carbocycles. The lowest BCUT2D eigenvalue weighted by Gasteiger charge is -2.32. The van der Waals surface area contributed by atoms with Crippen LogP contribution in [0, 0.1) is 17.0 Å². The predicted molar refractivity (Wildman–Crippen MR) is 142 cm³/mol. The minimum Gasteiger partial charge on any atom is -0.352 e. The summed E-state index contributed by atoms with van der Waals surface area (Å²) in [5.74, 6) is -0.992. The number of nitro benzene ring substituents is 1. The van der Waals surface area contributed by atoms with Crippen molar-refractivity contribution in [2.24, 2.45) is 0 Å². The molecule has 0 aromatic heterocycles. The molecular formula is C24H31BrN4O6S. The van der Waals surface area contributed by atoms with Crippen LogP contribution in [-0.4, -0.2) is 54.9 Å². The molecular weight excluding hydrogens is 552 g/mol. The van der Waals surface area contributed by atoms with Crippen LogP contribution in [0.5, 0.6) is 0 Å². The van der Waals surface area contributed by atoms with Crippen molar-refractivity contribution in [3.63, 3.8) is 0 Å². The molecule has 10 nitrogen and oxygen atoms in total. The molecule has 2 rings (SSSR count). The monoisotopic (exact) mass is 582 g/mol. The van der Waals surface area contributed by atoms with E-state index in [1.54, 1.807) is 38.1 Å². The van der Waals surface area contributed by atoms with E-state index < -0.39 is 33.4 Å². The van der Waals surface area contributed by atoms with E-state index in [2.05, 4.69) is 21.2 Å². The molecule has 12 heteroatoms. The van der Waals surface area contributed by atoms with Crippen molar-refractivity contribution in [1.29, 1.82) is 0 Å². The van der Waals surface area contributed by atoms with Gasteiger partial charge in [-0.2, -0.15) is 0 Å². The van der Waals surface area contributed by atoms with E-state index in [1.807, 2.05) is 13.8 Å². The number of amides is 2. The summed E-state index contributed by atoms with van der Waals surface area (Å²) in [6, 6.07) is 10.0. The van der Waals surface area contributed by atoms with Gasteiger partial charge >= 0.3 is 0 Å². The second kappa shape index (κ2) is 12.3. The highest BCUT2D eigenvalue weighted by molar-refractivity contribution is 9.10. The molecule has 0 unspecified atom stereocenters. The molecule has 2 aromatic rings. The zero-order valence-electron chi connectivity index (χ0n) is 20.9. The summed E-state index contributed by atoms with van der Waals surface area (Å²) in [6.07, 6.45) is 1.63. The summed E-state index contributed by atoms with van der Waals surface area (Å²) in [5, 5.41) is 14.1. The number of hydrogen-bond donors (Lipinski definition) is 1. The molecule has 196 valence electrons. The number of halogens is 1. The van der Waals surface area contributed by atoms with E-state index in [0.29, 0.717) is 12.0 Å². The lowest BCUT2D eigenvalue weighted by Crippen LogP contribution is -2.52. The summed E-state index contributed by atoms with van der Waals surface area (Å²) in [6.45, 7) is 6.39. The molecule has 0 heterocycles. The topological polar surface area (TPSA) is 130 Å². The number of carbonyl (C=O) groups is 2. The third-order valence-corrected chi connectivity index (χ3v) is 7.44. The molecule has 2 atom stereocenters. The van der Waals surface area contributed by atoms with Gasteiger partial charge in [-0.15, -0.1) is 0 Å². The molecule has 0 fully saturated rings. The maximum Gasteiger partial charge on any atom is 0.271 e. The van der Waals surface area contributed by atoms with Crippen LogP contribution in [0.2, 0.25) is 0 Å². The maximum atomic E-state index is 13.6. The third-order valence-electron chi connectivity index (χ3n) is 5.79. The van der Waals surface area contributed by atoms with E-state index in [9.17, 15) is 28.1 Å². The molecule has 0 radical (unpaired) electrons. The molecule has 2 aromatic carbocycles. The fraction of sp³-hybridized carbons (Fsp3) is 0.417. The molecule has 1 N–H and O–H groups in total. The summed E-state index contributed by atoms with van der Waals surface area (Å²) in [4.78, 5) is 38.4. The normalized spacial score (nSPS) is 12.9. The van der Waals surface area contributed by atoms with Crippen LogP contribution in [0.15, 0.2) is 46.9 Å².